The molecule has 0 fully saturated rings. The van der Waals surface area contributed by atoms with Gasteiger partial charge in [0.05, 0.1) is 12.1 Å². The number of amides is 1. The summed E-state index contributed by atoms with van der Waals surface area (Å²) in [5.41, 5.74) is 8.79. The number of aryl methyl sites for hydroxylation is 1. The van der Waals surface area contributed by atoms with E-state index in [1.165, 1.54) is 0 Å². The van der Waals surface area contributed by atoms with Crippen LogP contribution in [0.5, 0.6) is 5.75 Å². The van der Waals surface area contributed by atoms with Crippen LogP contribution in [0.4, 0.5) is 0 Å². The van der Waals surface area contributed by atoms with Crippen LogP contribution in [-0.4, -0.2) is 10.9 Å². The van der Waals surface area contributed by atoms with E-state index in [4.69, 9.17) is 19.3 Å². The third kappa shape index (κ3) is 4.61. The van der Waals surface area contributed by atoms with E-state index in [9.17, 15) is 4.79 Å². The van der Waals surface area contributed by atoms with Crippen LogP contribution >= 0.6 is 0 Å². The van der Waals surface area contributed by atoms with Crippen LogP contribution in [0.2, 0.25) is 0 Å². The number of ether oxygens (including phenoxy) is 1. The zero-order chi connectivity index (χ0) is 23.5. The summed E-state index contributed by atoms with van der Waals surface area (Å²) in [6, 6.07) is 26.4. The largest absolute Gasteiger partial charge is 0.461 e. The molecule has 0 unspecified atom stereocenters. The highest BCUT2D eigenvalue weighted by atomic mass is 16.5. The number of hydrogen-bond donors (Lipinski definition) is 1. The molecule has 5 aromatic rings. The molecule has 0 saturated heterocycles. The fraction of sp³-hybridized carbons (Fsp3) is 0.0714. The second-order valence-corrected chi connectivity index (χ2v) is 7.86. The molecular weight excluding hydrogens is 428 g/mol. The smallest absolute Gasteiger partial charge is 0.284 e. The van der Waals surface area contributed by atoms with Gasteiger partial charge in [-0.2, -0.15) is 0 Å². The van der Waals surface area contributed by atoms with Gasteiger partial charge in [0.1, 0.15) is 22.9 Å². The molecule has 0 radical (unpaired) electrons. The van der Waals surface area contributed by atoms with Gasteiger partial charge in [0.2, 0.25) is 5.89 Å². The molecule has 0 aliphatic carbocycles. The van der Waals surface area contributed by atoms with E-state index in [1.807, 2.05) is 79.7 Å². The van der Waals surface area contributed by atoms with Gasteiger partial charge < -0.3 is 19.3 Å². The highest BCUT2D eigenvalue weighted by Crippen LogP contribution is 2.27. The Morgan fingerprint density at radius 3 is 2.44 bits per heavy atom. The van der Waals surface area contributed by atoms with Crippen LogP contribution in [0.3, 0.4) is 0 Å². The van der Waals surface area contributed by atoms with Crippen molar-refractivity contribution in [3.05, 3.63) is 113 Å². The maximum atomic E-state index is 11.9. The minimum absolute atomic E-state index is 0.0564. The molecule has 168 valence electrons. The molecule has 1 amide bonds. The van der Waals surface area contributed by atoms with E-state index in [1.54, 1.807) is 18.2 Å². The number of furan rings is 1. The Morgan fingerprint density at radius 2 is 1.71 bits per heavy atom. The van der Waals surface area contributed by atoms with Crippen molar-refractivity contribution in [2.24, 2.45) is 5.73 Å². The molecule has 34 heavy (non-hydrogen) atoms. The van der Waals surface area contributed by atoms with Gasteiger partial charge >= 0.3 is 0 Å². The van der Waals surface area contributed by atoms with E-state index in [-0.39, 0.29) is 5.76 Å². The number of benzene rings is 3. The van der Waals surface area contributed by atoms with Crippen LogP contribution < -0.4 is 10.5 Å². The van der Waals surface area contributed by atoms with Crippen molar-refractivity contribution in [3.63, 3.8) is 0 Å². The summed E-state index contributed by atoms with van der Waals surface area (Å²) in [7, 11) is 0. The van der Waals surface area contributed by atoms with Crippen molar-refractivity contribution in [2.75, 3.05) is 0 Å². The number of fused-ring (bicyclic) bond motifs is 1. The number of hydrogen-bond acceptors (Lipinski definition) is 5. The van der Waals surface area contributed by atoms with E-state index in [0.29, 0.717) is 18.1 Å². The Bertz CT molecular complexity index is 1480. The summed E-state index contributed by atoms with van der Waals surface area (Å²) in [5.74, 6) is 2.06. The van der Waals surface area contributed by atoms with Gasteiger partial charge in [0.25, 0.3) is 5.91 Å². The number of carbonyl (C=O) groups is 1. The monoisotopic (exact) mass is 450 g/mol. The van der Waals surface area contributed by atoms with Crippen molar-refractivity contribution >= 4 is 23.0 Å². The lowest BCUT2D eigenvalue weighted by atomic mass is 10.1. The van der Waals surface area contributed by atoms with Crippen molar-refractivity contribution in [2.45, 2.75) is 13.3 Å². The lowest BCUT2D eigenvalue weighted by Gasteiger charge is -2.07. The first kappa shape index (κ1) is 21.3. The Hall–Kier alpha value is -4.58. The molecule has 2 N–H and O–H groups in total. The average Bonchev–Trinajstić information content (AvgIpc) is 3.42. The van der Waals surface area contributed by atoms with Crippen LogP contribution in [0.15, 0.2) is 99.5 Å². The van der Waals surface area contributed by atoms with Gasteiger partial charge in [0, 0.05) is 10.9 Å². The van der Waals surface area contributed by atoms with Crippen LogP contribution in [-0.2, 0) is 11.2 Å². The van der Waals surface area contributed by atoms with Crippen molar-refractivity contribution in [3.8, 4) is 17.2 Å². The third-order valence-electron chi connectivity index (χ3n) is 5.36. The summed E-state index contributed by atoms with van der Waals surface area (Å²) in [5, 5.41) is 0.900. The minimum Gasteiger partial charge on any atom is -0.461 e. The molecule has 0 aliphatic rings. The lowest BCUT2D eigenvalue weighted by molar-refractivity contribution is -0.116. The molecule has 3 aromatic carbocycles. The minimum atomic E-state index is -0.646. The number of primary amides is 1. The molecule has 0 atom stereocenters. The Morgan fingerprint density at radius 1 is 0.971 bits per heavy atom. The molecule has 0 saturated carbocycles. The molecule has 0 aliphatic heterocycles. The second kappa shape index (κ2) is 9.11. The number of aromatic nitrogens is 1. The number of nitrogens with zero attached hydrogens (tertiary/aromatic N) is 1. The molecule has 2 aromatic heterocycles. The van der Waals surface area contributed by atoms with E-state index < -0.39 is 5.91 Å². The topological polar surface area (TPSA) is 91.5 Å². The van der Waals surface area contributed by atoms with Gasteiger partial charge in [-0.05, 0) is 61.0 Å². The predicted molar refractivity (Wildman–Crippen MR) is 130 cm³/mol. The SMILES string of the molecule is Cc1oc(-c2ccccc2)nc1Cc1cc2cc(/C=C(/Oc3ccccc3)C(N)=O)ccc2o1. The average molecular weight is 450 g/mol. The maximum absolute atomic E-state index is 11.9. The van der Waals surface area contributed by atoms with Gasteiger partial charge in [0.15, 0.2) is 5.76 Å². The molecule has 2 heterocycles. The van der Waals surface area contributed by atoms with E-state index in [0.717, 1.165) is 39.3 Å². The molecular formula is C28H22N2O4. The summed E-state index contributed by atoms with van der Waals surface area (Å²) >= 11 is 0. The zero-order valence-electron chi connectivity index (χ0n) is 18.5. The number of oxazole rings is 1. The number of rotatable bonds is 7. The lowest BCUT2D eigenvalue weighted by Crippen LogP contribution is -2.18. The normalized spacial score (nSPS) is 11.6. The summed E-state index contributed by atoms with van der Waals surface area (Å²) < 4.78 is 17.6. The second-order valence-electron chi connectivity index (χ2n) is 7.86. The predicted octanol–water partition coefficient (Wildman–Crippen LogP) is 5.89. The molecule has 6 heteroatoms. The van der Waals surface area contributed by atoms with Gasteiger partial charge in [-0.3, -0.25) is 4.79 Å². The highest BCUT2D eigenvalue weighted by molar-refractivity contribution is 5.95. The Balaban J connectivity index is 1.39. The van der Waals surface area contributed by atoms with Gasteiger partial charge in [-0.25, -0.2) is 4.98 Å². The molecule has 6 nitrogen and oxygen atoms in total. The maximum Gasteiger partial charge on any atom is 0.284 e. The van der Waals surface area contributed by atoms with E-state index >= 15 is 0 Å². The molecule has 0 spiro atoms. The van der Waals surface area contributed by atoms with Gasteiger partial charge in [-0.1, -0.05) is 42.5 Å². The fourth-order valence-corrected chi connectivity index (χ4v) is 3.67. The first-order chi connectivity index (χ1) is 16.5. The van der Waals surface area contributed by atoms with E-state index in [2.05, 4.69) is 4.98 Å². The fourth-order valence-electron chi connectivity index (χ4n) is 3.67. The highest BCUT2D eigenvalue weighted by Gasteiger charge is 2.15. The zero-order valence-corrected chi connectivity index (χ0v) is 18.5. The molecule has 5 rings (SSSR count). The van der Waals surface area contributed by atoms with Gasteiger partial charge in [-0.15, -0.1) is 0 Å². The summed E-state index contributed by atoms with van der Waals surface area (Å²) in [4.78, 5) is 16.6. The van der Waals surface area contributed by atoms with Crippen LogP contribution in [0.1, 0.15) is 22.8 Å². The first-order valence-electron chi connectivity index (χ1n) is 10.8. The quantitative estimate of drug-likeness (QED) is 0.246. The van der Waals surface area contributed by atoms with Crippen LogP contribution in [0, 0.1) is 6.92 Å². The van der Waals surface area contributed by atoms with Crippen molar-refractivity contribution < 1.29 is 18.4 Å². The standard InChI is InChI=1S/C28H22N2O4/c1-18-24(30-28(32-18)20-8-4-2-5-9-20)17-23-16-21-14-19(12-13-25(21)34-23)15-26(27(29)31)33-22-10-6-3-7-11-22/h2-16H,17H2,1H3,(H2,29,31)/b26-15+. The number of para-hydroxylation sites is 1. The molecule has 0 bridgehead atoms. The van der Waals surface area contributed by atoms with Crippen LogP contribution in [0.25, 0.3) is 28.5 Å². The third-order valence-corrected chi connectivity index (χ3v) is 5.36. The summed E-state index contributed by atoms with van der Waals surface area (Å²) in [6.45, 7) is 1.90. The first-order valence-corrected chi connectivity index (χ1v) is 10.8. The van der Waals surface area contributed by atoms with Crippen molar-refractivity contribution in [1.29, 1.82) is 0 Å². The summed E-state index contributed by atoms with van der Waals surface area (Å²) in [6.07, 6.45) is 2.13. The Labute approximate surface area is 196 Å². The van der Waals surface area contributed by atoms with Crippen molar-refractivity contribution in [1.82, 2.24) is 4.98 Å². The number of nitrogens with two attached hydrogens (primary N) is 1. The number of carbonyl (C=O) groups excluding carboxylic acids is 1. The Kier molecular flexibility index (Phi) is 5.70.